The fourth-order valence-electron chi connectivity index (χ4n) is 3.71. The molecular weight excluding hydrogens is 422 g/mol. The van der Waals surface area contributed by atoms with E-state index in [1.54, 1.807) is 17.9 Å². The first-order valence-corrected chi connectivity index (χ1v) is 12.3. The lowest BCUT2D eigenvalue weighted by molar-refractivity contribution is -0.130. The molecule has 0 atom stereocenters. The highest BCUT2D eigenvalue weighted by molar-refractivity contribution is 7.89. The van der Waals surface area contributed by atoms with Crippen LogP contribution in [0.25, 0.3) is 0 Å². The first kappa shape index (κ1) is 23.3. The topological polar surface area (TPSA) is 114 Å². The van der Waals surface area contributed by atoms with Crippen molar-refractivity contribution in [1.82, 2.24) is 14.9 Å². The molecular formula is C21H31N3O6S. The highest BCUT2D eigenvalue weighted by Crippen LogP contribution is 2.32. The lowest BCUT2D eigenvalue weighted by Gasteiger charge is -2.31. The van der Waals surface area contributed by atoms with Crippen molar-refractivity contribution in [2.75, 3.05) is 32.8 Å². The Bertz CT molecular complexity index is 881. The number of unbranched alkanes of at least 4 members (excludes halogenated alkanes) is 2. The van der Waals surface area contributed by atoms with Gasteiger partial charge in [-0.05, 0) is 37.8 Å². The quantitative estimate of drug-likeness (QED) is 0.547. The zero-order chi connectivity index (χ0) is 22.3. The molecule has 0 saturated carbocycles. The van der Waals surface area contributed by atoms with E-state index in [2.05, 4.69) is 10.0 Å². The Morgan fingerprint density at radius 2 is 1.77 bits per heavy atom. The van der Waals surface area contributed by atoms with Crippen molar-refractivity contribution in [1.29, 1.82) is 0 Å². The third-order valence-electron chi connectivity index (χ3n) is 5.50. The van der Waals surface area contributed by atoms with E-state index in [1.807, 2.05) is 0 Å². The fraction of sp³-hybridized carbons (Fsp3) is 0.619. The van der Waals surface area contributed by atoms with Gasteiger partial charge in [0.25, 0.3) is 0 Å². The molecule has 3 rings (SSSR count). The first-order valence-electron chi connectivity index (χ1n) is 10.8. The molecule has 2 aliphatic heterocycles. The molecule has 1 fully saturated rings. The van der Waals surface area contributed by atoms with Gasteiger partial charge in [-0.25, -0.2) is 13.1 Å². The van der Waals surface area contributed by atoms with Gasteiger partial charge in [0.05, 0.1) is 4.90 Å². The van der Waals surface area contributed by atoms with E-state index < -0.39 is 10.0 Å². The summed E-state index contributed by atoms with van der Waals surface area (Å²) in [6.45, 7) is 4.09. The second kappa shape index (κ2) is 10.8. The number of benzene rings is 1. The maximum absolute atomic E-state index is 12.4. The molecule has 1 aromatic rings. The van der Waals surface area contributed by atoms with Gasteiger partial charge >= 0.3 is 0 Å². The third kappa shape index (κ3) is 6.83. The van der Waals surface area contributed by atoms with Crippen molar-refractivity contribution in [3.8, 4) is 11.5 Å². The number of carbonyl (C=O) groups is 2. The number of rotatable bonds is 9. The molecule has 0 bridgehead atoms. The van der Waals surface area contributed by atoms with Gasteiger partial charge in [0, 0.05) is 45.1 Å². The Balaban J connectivity index is 1.30. The number of nitrogens with one attached hydrogen (secondary N) is 2. The van der Waals surface area contributed by atoms with Gasteiger partial charge in [-0.1, -0.05) is 6.42 Å². The monoisotopic (exact) mass is 453 g/mol. The summed E-state index contributed by atoms with van der Waals surface area (Å²) in [6, 6.07) is 4.70. The van der Waals surface area contributed by atoms with Crippen molar-refractivity contribution >= 4 is 21.8 Å². The summed E-state index contributed by atoms with van der Waals surface area (Å²) < 4.78 is 38.3. The number of hydrogen-bond donors (Lipinski definition) is 2. The van der Waals surface area contributed by atoms with Crippen LogP contribution in [0.3, 0.4) is 0 Å². The van der Waals surface area contributed by atoms with Crippen LogP contribution in [-0.4, -0.2) is 64.0 Å². The van der Waals surface area contributed by atoms with Crippen molar-refractivity contribution in [3.63, 3.8) is 0 Å². The molecule has 0 unspecified atom stereocenters. The largest absolute Gasteiger partial charge is 0.486 e. The Morgan fingerprint density at radius 3 is 2.48 bits per heavy atom. The molecule has 172 valence electrons. The lowest BCUT2D eigenvalue weighted by atomic mass is 10.0. The minimum atomic E-state index is -3.62. The number of piperidine rings is 1. The summed E-state index contributed by atoms with van der Waals surface area (Å²) in [5.74, 6) is 1.08. The molecule has 2 amide bonds. The lowest BCUT2D eigenvalue weighted by Crippen LogP contribution is -2.45. The molecule has 0 aliphatic carbocycles. The minimum Gasteiger partial charge on any atom is -0.486 e. The molecule has 9 nitrogen and oxygen atoms in total. The number of amides is 2. The number of ether oxygens (including phenoxy) is 2. The predicted octanol–water partition coefficient (Wildman–Crippen LogP) is 1.42. The van der Waals surface area contributed by atoms with Gasteiger partial charge in [0.1, 0.15) is 13.2 Å². The van der Waals surface area contributed by atoms with Gasteiger partial charge < -0.3 is 19.7 Å². The zero-order valence-corrected chi connectivity index (χ0v) is 18.7. The smallest absolute Gasteiger partial charge is 0.240 e. The zero-order valence-electron chi connectivity index (χ0n) is 17.9. The molecule has 1 saturated heterocycles. The van der Waals surface area contributed by atoms with Gasteiger partial charge in [-0.3, -0.25) is 9.59 Å². The van der Waals surface area contributed by atoms with Gasteiger partial charge in [-0.2, -0.15) is 0 Å². The van der Waals surface area contributed by atoms with Crippen LogP contribution >= 0.6 is 0 Å². The van der Waals surface area contributed by atoms with Crippen LogP contribution in [0.15, 0.2) is 23.1 Å². The Labute approximate surface area is 183 Å². The number of nitrogens with zero attached hydrogens (tertiary/aromatic N) is 1. The maximum atomic E-state index is 12.4. The number of fused-ring (bicyclic) bond motifs is 1. The van der Waals surface area contributed by atoms with Crippen molar-refractivity contribution in [2.24, 2.45) is 0 Å². The summed E-state index contributed by atoms with van der Waals surface area (Å²) in [5, 5.41) is 3.03. The van der Waals surface area contributed by atoms with E-state index in [0.29, 0.717) is 63.6 Å². The molecule has 1 aromatic carbocycles. The minimum absolute atomic E-state index is 0.0122. The Kier molecular flexibility index (Phi) is 8.14. The average molecular weight is 454 g/mol. The Hall–Kier alpha value is -2.33. The van der Waals surface area contributed by atoms with Crippen LogP contribution in [0.1, 0.15) is 45.4 Å². The standard InChI is InChI=1S/C21H31N3O6S/c1-16(25)24-11-8-17(9-12-24)23-21(26)5-3-2-4-10-22-31(27,28)18-6-7-19-20(15-18)30-14-13-29-19/h6-7,15,17,22H,2-5,8-14H2,1H3,(H,23,26). The molecule has 0 aromatic heterocycles. The van der Waals surface area contributed by atoms with E-state index >= 15 is 0 Å². The summed E-state index contributed by atoms with van der Waals surface area (Å²) in [4.78, 5) is 25.4. The molecule has 31 heavy (non-hydrogen) atoms. The van der Waals surface area contributed by atoms with Crippen molar-refractivity contribution < 1.29 is 27.5 Å². The molecule has 0 spiro atoms. The summed E-state index contributed by atoms with van der Waals surface area (Å²) in [6.07, 6.45) is 4.08. The normalized spacial score (nSPS) is 16.7. The molecule has 2 heterocycles. The van der Waals surface area contributed by atoms with E-state index in [0.717, 1.165) is 19.3 Å². The highest BCUT2D eigenvalue weighted by Gasteiger charge is 2.22. The number of sulfonamides is 1. The maximum Gasteiger partial charge on any atom is 0.240 e. The van der Waals surface area contributed by atoms with Crippen LogP contribution in [0, 0.1) is 0 Å². The summed E-state index contributed by atoms with van der Waals surface area (Å²) in [5.41, 5.74) is 0. The second-order valence-corrected chi connectivity index (χ2v) is 9.63. The molecule has 2 N–H and O–H groups in total. The van der Waals surface area contributed by atoms with Gasteiger partial charge in [0.15, 0.2) is 11.5 Å². The highest BCUT2D eigenvalue weighted by atomic mass is 32.2. The summed E-state index contributed by atoms with van der Waals surface area (Å²) in [7, 11) is -3.62. The first-order chi connectivity index (χ1) is 14.8. The predicted molar refractivity (Wildman–Crippen MR) is 115 cm³/mol. The van der Waals surface area contributed by atoms with E-state index in [9.17, 15) is 18.0 Å². The Morgan fingerprint density at radius 1 is 1.06 bits per heavy atom. The summed E-state index contributed by atoms with van der Waals surface area (Å²) >= 11 is 0. The fourth-order valence-corrected chi connectivity index (χ4v) is 4.80. The molecule has 0 radical (unpaired) electrons. The molecule has 10 heteroatoms. The van der Waals surface area contributed by atoms with Crippen LogP contribution in [0.5, 0.6) is 11.5 Å². The van der Waals surface area contributed by atoms with Crippen LogP contribution in [0.2, 0.25) is 0 Å². The molecule has 2 aliphatic rings. The van der Waals surface area contributed by atoms with E-state index in [1.165, 1.54) is 12.1 Å². The third-order valence-corrected chi connectivity index (χ3v) is 6.96. The van der Waals surface area contributed by atoms with Crippen molar-refractivity contribution in [2.45, 2.75) is 56.4 Å². The van der Waals surface area contributed by atoms with Gasteiger partial charge in [-0.15, -0.1) is 0 Å². The van der Waals surface area contributed by atoms with Crippen molar-refractivity contribution in [3.05, 3.63) is 18.2 Å². The van der Waals surface area contributed by atoms with Crippen LogP contribution in [0.4, 0.5) is 0 Å². The second-order valence-electron chi connectivity index (χ2n) is 7.86. The van der Waals surface area contributed by atoms with E-state index in [-0.39, 0.29) is 22.8 Å². The van der Waals surface area contributed by atoms with Gasteiger partial charge in [0.2, 0.25) is 21.8 Å². The average Bonchev–Trinajstić information content (AvgIpc) is 2.76. The van der Waals surface area contributed by atoms with E-state index in [4.69, 9.17) is 9.47 Å². The van der Waals surface area contributed by atoms with Crippen LogP contribution < -0.4 is 19.5 Å². The number of likely N-dealkylation sites (tertiary alicyclic amines) is 1. The number of hydrogen-bond acceptors (Lipinski definition) is 6. The number of carbonyl (C=O) groups excluding carboxylic acids is 2. The SMILES string of the molecule is CC(=O)N1CCC(NC(=O)CCCCCNS(=O)(=O)c2ccc3c(c2)OCCO3)CC1. The van der Waals surface area contributed by atoms with Crippen LogP contribution in [-0.2, 0) is 19.6 Å².